The van der Waals surface area contributed by atoms with E-state index in [1.165, 1.54) is 16.7 Å². The van der Waals surface area contributed by atoms with E-state index in [0.29, 0.717) is 5.92 Å². The summed E-state index contributed by atoms with van der Waals surface area (Å²) in [6, 6.07) is 16.9. The Morgan fingerprint density at radius 3 is 2.56 bits per heavy atom. The zero-order chi connectivity index (χ0) is 17.8. The predicted molar refractivity (Wildman–Crippen MR) is 105 cm³/mol. The summed E-state index contributed by atoms with van der Waals surface area (Å²) < 4.78 is 0. The third kappa shape index (κ3) is 4.05. The van der Waals surface area contributed by atoms with Gasteiger partial charge in [-0.2, -0.15) is 0 Å². The van der Waals surface area contributed by atoms with Crippen molar-refractivity contribution in [3.8, 4) is 11.4 Å². The molecule has 128 valence electrons. The second-order valence-electron chi connectivity index (χ2n) is 6.81. The topological polar surface area (TPSA) is 37.8 Å². The highest BCUT2D eigenvalue weighted by Gasteiger charge is 2.12. The maximum absolute atomic E-state index is 4.80. The van der Waals surface area contributed by atoms with Gasteiger partial charge in [0, 0.05) is 23.9 Å². The molecule has 3 heteroatoms. The minimum absolute atomic E-state index is 0.435. The maximum atomic E-state index is 4.80. The van der Waals surface area contributed by atoms with Crippen molar-refractivity contribution in [2.45, 2.75) is 40.2 Å². The lowest BCUT2D eigenvalue weighted by molar-refractivity contribution is 0.866. The Morgan fingerprint density at radius 2 is 1.80 bits per heavy atom. The molecule has 0 aliphatic carbocycles. The zero-order valence-corrected chi connectivity index (χ0v) is 15.4. The first-order valence-corrected chi connectivity index (χ1v) is 8.77. The molecule has 0 aliphatic rings. The van der Waals surface area contributed by atoms with Gasteiger partial charge in [-0.3, -0.25) is 0 Å². The summed E-state index contributed by atoms with van der Waals surface area (Å²) in [6.07, 6.45) is 1.90. The first kappa shape index (κ1) is 17.2. The van der Waals surface area contributed by atoms with Crippen molar-refractivity contribution >= 4 is 5.82 Å². The molecule has 3 rings (SSSR count). The predicted octanol–water partition coefficient (Wildman–Crippen LogP) is 5.50. The second-order valence-corrected chi connectivity index (χ2v) is 6.81. The summed E-state index contributed by atoms with van der Waals surface area (Å²) in [7, 11) is 0. The highest BCUT2D eigenvalue weighted by molar-refractivity contribution is 5.63. The van der Waals surface area contributed by atoms with Crippen molar-refractivity contribution in [2.75, 3.05) is 5.32 Å². The first-order valence-electron chi connectivity index (χ1n) is 8.77. The fourth-order valence-electron chi connectivity index (χ4n) is 2.96. The molecule has 0 spiro atoms. The summed E-state index contributed by atoms with van der Waals surface area (Å²) in [5.74, 6) is 2.11. The molecule has 0 bridgehead atoms. The molecule has 0 saturated heterocycles. The lowest BCUT2D eigenvalue weighted by Gasteiger charge is -2.14. The molecule has 2 aromatic carbocycles. The Morgan fingerprint density at radius 1 is 1.00 bits per heavy atom. The monoisotopic (exact) mass is 331 g/mol. The number of hydrogen-bond acceptors (Lipinski definition) is 3. The average molecular weight is 331 g/mol. The molecule has 0 saturated carbocycles. The third-order valence-electron chi connectivity index (χ3n) is 4.34. The molecule has 0 aliphatic heterocycles. The Kier molecular flexibility index (Phi) is 5.13. The smallest absolute Gasteiger partial charge is 0.161 e. The molecular formula is C22H25N3. The highest BCUT2D eigenvalue weighted by Crippen LogP contribution is 2.28. The van der Waals surface area contributed by atoms with E-state index in [9.17, 15) is 0 Å². The Balaban J connectivity index is 1.88. The van der Waals surface area contributed by atoms with Crippen LogP contribution in [0.2, 0.25) is 0 Å². The van der Waals surface area contributed by atoms with Gasteiger partial charge in [0.1, 0.15) is 5.82 Å². The first-order chi connectivity index (χ1) is 12.0. The molecular weight excluding hydrogens is 306 g/mol. The number of nitrogens with one attached hydrogen (secondary N) is 1. The summed E-state index contributed by atoms with van der Waals surface area (Å²) in [4.78, 5) is 9.37. The summed E-state index contributed by atoms with van der Waals surface area (Å²) in [5, 5.41) is 3.46. The number of nitrogens with zero attached hydrogens (tertiary/aromatic N) is 2. The van der Waals surface area contributed by atoms with Crippen LogP contribution in [0, 0.1) is 13.8 Å². The van der Waals surface area contributed by atoms with Crippen molar-refractivity contribution < 1.29 is 0 Å². The standard InChI is InChI=1S/C22H25N3/c1-15(2)19-10-5-6-11-20(19)22-23-13-17(4)21(25-22)24-14-18-9-7-8-16(3)12-18/h5-13,15H,14H2,1-4H3,(H,23,24,25). The van der Waals surface area contributed by atoms with Gasteiger partial charge in [0.2, 0.25) is 0 Å². The van der Waals surface area contributed by atoms with Crippen LogP contribution >= 0.6 is 0 Å². The lowest BCUT2D eigenvalue weighted by Crippen LogP contribution is -2.06. The van der Waals surface area contributed by atoms with Crippen LogP contribution in [-0.2, 0) is 6.54 Å². The third-order valence-corrected chi connectivity index (χ3v) is 4.34. The van der Waals surface area contributed by atoms with Crippen LogP contribution in [0.3, 0.4) is 0 Å². The van der Waals surface area contributed by atoms with Crippen LogP contribution < -0.4 is 5.32 Å². The van der Waals surface area contributed by atoms with E-state index in [2.05, 4.69) is 73.5 Å². The van der Waals surface area contributed by atoms with E-state index in [4.69, 9.17) is 4.98 Å². The summed E-state index contributed by atoms with van der Waals surface area (Å²) in [5.41, 5.74) is 5.96. The fraction of sp³-hybridized carbons (Fsp3) is 0.273. The quantitative estimate of drug-likeness (QED) is 0.671. The van der Waals surface area contributed by atoms with Crippen LogP contribution in [0.5, 0.6) is 0 Å². The molecule has 1 N–H and O–H groups in total. The molecule has 0 radical (unpaired) electrons. The molecule has 0 fully saturated rings. The van der Waals surface area contributed by atoms with Gasteiger partial charge in [-0.1, -0.05) is 67.9 Å². The fourth-order valence-corrected chi connectivity index (χ4v) is 2.96. The van der Waals surface area contributed by atoms with E-state index in [1.807, 2.05) is 19.2 Å². The van der Waals surface area contributed by atoms with Gasteiger partial charge >= 0.3 is 0 Å². The minimum Gasteiger partial charge on any atom is -0.366 e. The number of hydrogen-bond donors (Lipinski definition) is 1. The SMILES string of the molecule is Cc1cccc(CNc2nc(-c3ccccc3C(C)C)ncc2C)c1. The Hall–Kier alpha value is -2.68. The van der Waals surface area contributed by atoms with Crippen LogP contribution in [0.25, 0.3) is 11.4 Å². The lowest BCUT2D eigenvalue weighted by atomic mass is 9.97. The molecule has 0 amide bonds. The maximum Gasteiger partial charge on any atom is 0.161 e. The molecule has 3 nitrogen and oxygen atoms in total. The van der Waals surface area contributed by atoms with Gasteiger partial charge in [-0.05, 0) is 30.9 Å². The normalized spacial score (nSPS) is 10.9. The average Bonchev–Trinajstić information content (AvgIpc) is 2.61. The molecule has 0 unspecified atom stereocenters. The molecule has 1 aromatic heterocycles. The molecule has 25 heavy (non-hydrogen) atoms. The van der Waals surface area contributed by atoms with E-state index >= 15 is 0 Å². The Labute approximate surface area is 150 Å². The van der Waals surface area contributed by atoms with Crippen molar-refractivity contribution in [1.82, 2.24) is 9.97 Å². The van der Waals surface area contributed by atoms with E-state index in [1.54, 1.807) is 0 Å². The largest absolute Gasteiger partial charge is 0.366 e. The minimum atomic E-state index is 0.435. The van der Waals surface area contributed by atoms with Gasteiger partial charge in [0.05, 0.1) is 0 Å². The number of aryl methyl sites for hydroxylation is 2. The van der Waals surface area contributed by atoms with Crippen LogP contribution in [-0.4, -0.2) is 9.97 Å². The van der Waals surface area contributed by atoms with Gasteiger partial charge in [-0.25, -0.2) is 9.97 Å². The van der Waals surface area contributed by atoms with Gasteiger partial charge in [0.25, 0.3) is 0 Å². The Bertz CT molecular complexity index is 869. The number of anilines is 1. The second kappa shape index (κ2) is 7.47. The van der Waals surface area contributed by atoms with Crippen molar-refractivity contribution in [1.29, 1.82) is 0 Å². The van der Waals surface area contributed by atoms with Crippen LogP contribution in [0.1, 0.15) is 42.0 Å². The van der Waals surface area contributed by atoms with Gasteiger partial charge in [-0.15, -0.1) is 0 Å². The van der Waals surface area contributed by atoms with E-state index < -0.39 is 0 Å². The van der Waals surface area contributed by atoms with Crippen molar-refractivity contribution in [3.63, 3.8) is 0 Å². The van der Waals surface area contributed by atoms with Crippen molar-refractivity contribution in [2.24, 2.45) is 0 Å². The molecule has 0 atom stereocenters. The van der Waals surface area contributed by atoms with E-state index in [0.717, 1.165) is 29.3 Å². The molecule has 1 heterocycles. The van der Waals surface area contributed by atoms with Crippen molar-refractivity contribution in [3.05, 3.63) is 77.0 Å². The van der Waals surface area contributed by atoms with Gasteiger partial charge in [0.15, 0.2) is 5.82 Å². The number of aromatic nitrogens is 2. The number of benzene rings is 2. The van der Waals surface area contributed by atoms with Crippen LogP contribution in [0.15, 0.2) is 54.7 Å². The zero-order valence-electron chi connectivity index (χ0n) is 15.4. The van der Waals surface area contributed by atoms with E-state index in [-0.39, 0.29) is 0 Å². The summed E-state index contributed by atoms with van der Waals surface area (Å²) >= 11 is 0. The van der Waals surface area contributed by atoms with Crippen LogP contribution in [0.4, 0.5) is 5.82 Å². The molecule has 3 aromatic rings. The van der Waals surface area contributed by atoms with Gasteiger partial charge < -0.3 is 5.32 Å². The summed E-state index contributed by atoms with van der Waals surface area (Å²) in [6.45, 7) is 9.30. The number of rotatable bonds is 5. The highest BCUT2D eigenvalue weighted by atomic mass is 15.0.